The quantitative estimate of drug-likeness (QED) is 0.581. The molecule has 0 radical (unpaired) electrons. The van der Waals surface area contributed by atoms with Crippen molar-refractivity contribution >= 4 is 11.8 Å². The van der Waals surface area contributed by atoms with Crippen LogP contribution in [0.5, 0.6) is 0 Å². The largest absolute Gasteiger partial charge is 0.462 e. The van der Waals surface area contributed by atoms with Crippen LogP contribution in [0.15, 0.2) is 11.8 Å². The fourth-order valence-corrected chi connectivity index (χ4v) is 10.8. The lowest BCUT2D eigenvalue weighted by atomic mass is 9.50. The Labute approximate surface area is 198 Å². The van der Waals surface area contributed by atoms with Crippen LogP contribution < -0.4 is 5.32 Å². The smallest absolute Gasteiger partial charge is 0.309 e. The number of fused-ring (bicyclic) bond motifs is 5. The average molecular weight is 452 g/mol. The highest BCUT2D eigenvalue weighted by Gasteiger charge is 2.61. The first kappa shape index (κ1) is 21.0. The van der Waals surface area contributed by atoms with E-state index in [-0.39, 0.29) is 34.6 Å². The normalized spacial score (nSPS) is 54.1. The molecule has 0 aromatic heterocycles. The zero-order valence-corrected chi connectivity index (χ0v) is 20.5. The van der Waals surface area contributed by atoms with E-state index in [2.05, 4.69) is 19.2 Å². The molecular formula is C29H41NO3. The van der Waals surface area contributed by atoms with Gasteiger partial charge in [-0.3, -0.25) is 9.59 Å². The highest BCUT2D eigenvalue weighted by molar-refractivity contribution is 5.91. The SMILES string of the molecule is C[C@]12CC[C@H]3[C@@H](CNC4=CC(=O)CC[C@@]43C)[C@@H]1CC[C@@H]2C(=O)OC1C2CC3CC(C2)CC1C3. The van der Waals surface area contributed by atoms with Crippen LogP contribution in [-0.4, -0.2) is 24.4 Å². The number of carbonyl (C=O) groups excluding carboxylic acids is 2. The van der Waals surface area contributed by atoms with Gasteiger partial charge in [0, 0.05) is 30.2 Å². The molecule has 1 saturated heterocycles. The van der Waals surface area contributed by atoms with Gasteiger partial charge < -0.3 is 10.1 Å². The summed E-state index contributed by atoms with van der Waals surface area (Å²) >= 11 is 0. The van der Waals surface area contributed by atoms with Gasteiger partial charge in [0.25, 0.3) is 0 Å². The molecule has 0 spiro atoms. The number of ether oxygens (including phenoxy) is 1. The van der Waals surface area contributed by atoms with Gasteiger partial charge in [-0.2, -0.15) is 0 Å². The number of nitrogens with one attached hydrogen (secondary N) is 1. The van der Waals surface area contributed by atoms with Crippen LogP contribution in [0.1, 0.15) is 84.5 Å². The molecular weight excluding hydrogens is 410 g/mol. The van der Waals surface area contributed by atoms with Gasteiger partial charge in [-0.15, -0.1) is 0 Å². The van der Waals surface area contributed by atoms with Crippen LogP contribution >= 0.6 is 0 Å². The van der Waals surface area contributed by atoms with Crippen LogP contribution in [0.25, 0.3) is 0 Å². The predicted octanol–water partition coefficient (Wildman–Crippen LogP) is 5.27. The number of hydrogen-bond donors (Lipinski definition) is 1. The molecule has 1 N–H and O–H groups in total. The Morgan fingerprint density at radius 3 is 2.42 bits per heavy atom. The van der Waals surface area contributed by atoms with Crippen molar-refractivity contribution in [3.63, 3.8) is 0 Å². The zero-order valence-electron chi connectivity index (χ0n) is 20.5. The van der Waals surface area contributed by atoms with E-state index in [1.807, 2.05) is 6.08 Å². The number of esters is 1. The Morgan fingerprint density at radius 2 is 1.70 bits per heavy atom. The highest BCUT2D eigenvalue weighted by atomic mass is 16.5. The van der Waals surface area contributed by atoms with E-state index >= 15 is 0 Å². The fraction of sp³-hybridized carbons (Fsp3) is 0.862. The van der Waals surface area contributed by atoms with Crippen LogP contribution in [0.4, 0.5) is 0 Å². The maximum Gasteiger partial charge on any atom is 0.309 e. The van der Waals surface area contributed by atoms with E-state index in [4.69, 9.17) is 4.74 Å². The summed E-state index contributed by atoms with van der Waals surface area (Å²) in [5.41, 5.74) is 1.38. The van der Waals surface area contributed by atoms with Gasteiger partial charge in [0.05, 0.1) is 5.92 Å². The third-order valence-corrected chi connectivity index (χ3v) is 12.3. The second kappa shape index (κ2) is 7.10. The summed E-state index contributed by atoms with van der Waals surface area (Å²) in [5, 5.41) is 3.69. The van der Waals surface area contributed by atoms with E-state index in [1.54, 1.807) is 0 Å². The molecule has 7 aliphatic carbocycles. The minimum Gasteiger partial charge on any atom is -0.462 e. The molecule has 8 rings (SSSR count). The number of piperidine rings is 1. The third-order valence-electron chi connectivity index (χ3n) is 12.3. The topological polar surface area (TPSA) is 55.4 Å². The summed E-state index contributed by atoms with van der Waals surface area (Å²) < 4.78 is 6.48. The fourth-order valence-electron chi connectivity index (χ4n) is 10.8. The maximum absolute atomic E-state index is 13.7. The molecule has 1 heterocycles. The molecule has 0 aromatic rings. The van der Waals surface area contributed by atoms with Crippen molar-refractivity contribution in [3.05, 3.63) is 11.8 Å². The molecule has 8 aliphatic rings. The molecule has 4 bridgehead atoms. The number of ketones is 1. The van der Waals surface area contributed by atoms with Gasteiger partial charge in [0.15, 0.2) is 5.78 Å². The Kier molecular flexibility index (Phi) is 4.52. The van der Waals surface area contributed by atoms with Crippen molar-refractivity contribution < 1.29 is 14.3 Å². The molecule has 0 aromatic carbocycles. The molecule has 6 saturated carbocycles. The first-order valence-electron chi connectivity index (χ1n) is 14.0. The van der Waals surface area contributed by atoms with Crippen molar-refractivity contribution in [2.24, 2.45) is 58.2 Å². The average Bonchev–Trinajstić information content (AvgIpc) is 3.13. The van der Waals surface area contributed by atoms with Crippen LogP contribution in [-0.2, 0) is 14.3 Å². The number of allylic oxidation sites excluding steroid dienone is 2. The van der Waals surface area contributed by atoms with Crippen molar-refractivity contribution in [2.45, 2.75) is 90.6 Å². The first-order valence-corrected chi connectivity index (χ1v) is 14.0. The number of hydrogen-bond acceptors (Lipinski definition) is 4. The minimum absolute atomic E-state index is 0.0773. The number of rotatable bonds is 2. The van der Waals surface area contributed by atoms with Gasteiger partial charge in [0.1, 0.15) is 6.10 Å². The van der Waals surface area contributed by atoms with Crippen molar-refractivity contribution in [1.82, 2.24) is 5.32 Å². The molecule has 0 amide bonds. The molecule has 180 valence electrons. The second-order valence-electron chi connectivity index (χ2n) is 13.7. The van der Waals surface area contributed by atoms with Gasteiger partial charge in [-0.05, 0) is 111 Å². The zero-order chi connectivity index (χ0) is 22.5. The lowest BCUT2D eigenvalue weighted by Gasteiger charge is -2.58. The van der Waals surface area contributed by atoms with Crippen LogP contribution in [0.3, 0.4) is 0 Å². The van der Waals surface area contributed by atoms with Gasteiger partial charge in [-0.1, -0.05) is 13.8 Å². The Bertz CT molecular complexity index is 881. The molecule has 7 fully saturated rings. The lowest BCUT2D eigenvalue weighted by molar-refractivity contribution is -0.181. The lowest BCUT2D eigenvalue weighted by Crippen LogP contribution is -2.57. The maximum atomic E-state index is 13.7. The molecule has 1 aliphatic heterocycles. The van der Waals surface area contributed by atoms with Crippen LogP contribution in [0.2, 0.25) is 0 Å². The Morgan fingerprint density at radius 1 is 0.970 bits per heavy atom. The van der Waals surface area contributed by atoms with E-state index in [1.165, 1.54) is 44.2 Å². The molecule has 6 atom stereocenters. The first-order chi connectivity index (χ1) is 15.8. The predicted molar refractivity (Wildman–Crippen MR) is 126 cm³/mol. The Balaban J connectivity index is 1.09. The van der Waals surface area contributed by atoms with Crippen molar-refractivity contribution in [1.29, 1.82) is 0 Å². The van der Waals surface area contributed by atoms with Crippen molar-refractivity contribution in [2.75, 3.05) is 6.54 Å². The highest BCUT2D eigenvalue weighted by Crippen LogP contribution is 2.64. The van der Waals surface area contributed by atoms with Crippen molar-refractivity contribution in [3.8, 4) is 0 Å². The molecule has 4 heteroatoms. The van der Waals surface area contributed by atoms with Gasteiger partial charge in [-0.25, -0.2) is 0 Å². The Hall–Kier alpha value is -1.32. The summed E-state index contributed by atoms with van der Waals surface area (Å²) in [5.74, 6) is 5.47. The monoisotopic (exact) mass is 451 g/mol. The van der Waals surface area contributed by atoms with E-state index in [9.17, 15) is 9.59 Å². The third kappa shape index (κ3) is 2.94. The van der Waals surface area contributed by atoms with Crippen LogP contribution in [0, 0.1) is 58.2 Å². The summed E-state index contributed by atoms with van der Waals surface area (Å²) in [4.78, 5) is 25.8. The summed E-state index contributed by atoms with van der Waals surface area (Å²) in [6, 6.07) is 0. The minimum atomic E-state index is 0.0773. The number of carbonyl (C=O) groups is 2. The van der Waals surface area contributed by atoms with Gasteiger partial charge >= 0.3 is 5.97 Å². The van der Waals surface area contributed by atoms with E-state index in [0.29, 0.717) is 36.0 Å². The summed E-state index contributed by atoms with van der Waals surface area (Å²) in [7, 11) is 0. The summed E-state index contributed by atoms with van der Waals surface area (Å²) in [6.07, 6.45) is 14.9. The second-order valence-corrected chi connectivity index (χ2v) is 13.7. The van der Waals surface area contributed by atoms with E-state index in [0.717, 1.165) is 44.1 Å². The summed E-state index contributed by atoms with van der Waals surface area (Å²) in [6.45, 7) is 5.78. The van der Waals surface area contributed by atoms with Gasteiger partial charge in [0.2, 0.25) is 0 Å². The standard InChI is InChI=1S/C29H41NO3/c1-28-8-6-23-21(15-30-25-14-20(31)5-7-29(23,25)2)22(28)3-4-24(28)27(32)33-26-18-10-16-9-17(12-18)13-19(26)11-16/h14,16-19,21-24,26,30H,3-13,15H2,1-2H3/t16?,17?,18?,19?,21-,22-,23-,24+,26?,28-,29+/m0/s1. The molecule has 4 nitrogen and oxygen atoms in total. The molecule has 0 unspecified atom stereocenters. The molecule has 33 heavy (non-hydrogen) atoms. The van der Waals surface area contributed by atoms with E-state index < -0.39 is 0 Å².